The lowest BCUT2D eigenvalue weighted by atomic mass is 10.2. The maximum Gasteiger partial charge on any atom is 0.270 e. The number of amides is 1. The Morgan fingerprint density at radius 2 is 2.04 bits per heavy atom. The molecule has 1 aromatic carbocycles. The topological polar surface area (TPSA) is 62.2 Å². The third-order valence-corrected chi connectivity index (χ3v) is 5.43. The molecule has 0 aliphatic carbocycles. The molecule has 2 heterocycles. The van der Waals surface area contributed by atoms with Crippen LogP contribution in [0.1, 0.15) is 27.0 Å². The van der Waals surface area contributed by atoms with E-state index in [1.165, 1.54) is 22.7 Å². The van der Waals surface area contributed by atoms with Crippen LogP contribution in [0.2, 0.25) is 0 Å². The van der Waals surface area contributed by atoms with Gasteiger partial charge in [-0.25, -0.2) is 4.98 Å². The summed E-state index contributed by atoms with van der Waals surface area (Å²) in [5.74, 6) is -0.267. The highest BCUT2D eigenvalue weighted by Crippen LogP contribution is 2.24. The molecule has 0 aliphatic heterocycles. The molecule has 1 amide bonds. The molecule has 118 valence electrons. The van der Waals surface area contributed by atoms with Crippen molar-refractivity contribution in [2.45, 2.75) is 13.0 Å². The average Bonchev–Trinajstić information content (AvgIpc) is 3.22. The number of nitrogens with one attached hydrogen (secondary N) is 1. The summed E-state index contributed by atoms with van der Waals surface area (Å²) in [7, 11) is 0. The fourth-order valence-electron chi connectivity index (χ4n) is 2.19. The van der Waals surface area contributed by atoms with Crippen molar-refractivity contribution in [3.8, 4) is 10.6 Å². The first-order valence-electron chi connectivity index (χ1n) is 7.16. The van der Waals surface area contributed by atoms with E-state index in [4.69, 9.17) is 0 Å². The van der Waals surface area contributed by atoms with E-state index in [-0.39, 0.29) is 12.5 Å². The number of rotatable bonds is 5. The second kappa shape index (κ2) is 7.04. The zero-order chi connectivity index (χ0) is 16.2. The van der Waals surface area contributed by atoms with Crippen LogP contribution in [0.15, 0.2) is 47.2 Å². The number of benzene rings is 1. The van der Waals surface area contributed by atoms with Gasteiger partial charge in [0.25, 0.3) is 5.91 Å². The minimum atomic E-state index is -0.689. The Balaban J connectivity index is 1.63. The standard InChI is InChI=1S/C17H16N2O2S2/c1-11-7-8-22-15(11)14(20)9-18-16(21)13-10-23-17(19-13)12-5-3-2-4-6-12/h2-8,10,14,20H,9H2,1H3,(H,18,21)/t14-/m1/s1. The molecule has 0 saturated heterocycles. The maximum absolute atomic E-state index is 12.2. The van der Waals surface area contributed by atoms with Gasteiger partial charge in [0, 0.05) is 22.4 Å². The number of hydrogen-bond acceptors (Lipinski definition) is 5. The van der Waals surface area contributed by atoms with Gasteiger partial charge in [0.15, 0.2) is 0 Å². The van der Waals surface area contributed by atoms with Gasteiger partial charge in [0.05, 0.1) is 0 Å². The normalized spacial score (nSPS) is 12.1. The van der Waals surface area contributed by atoms with E-state index in [2.05, 4.69) is 10.3 Å². The van der Waals surface area contributed by atoms with Crippen molar-refractivity contribution in [1.29, 1.82) is 0 Å². The van der Waals surface area contributed by atoms with Crippen molar-refractivity contribution < 1.29 is 9.90 Å². The third kappa shape index (κ3) is 3.67. The van der Waals surface area contributed by atoms with Crippen LogP contribution in [0.25, 0.3) is 10.6 Å². The molecule has 0 radical (unpaired) electrons. The summed E-state index contributed by atoms with van der Waals surface area (Å²) in [5, 5.41) is 17.4. The monoisotopic (exact) mass is 344 g/mol. The minimum Gasteiger partial charge on any atom is -0.386 e. The number of thiazole rings is 1. The number of carbonyl (C=O) groups excluding carboxylic acids is 1. The first kappa shape index (κ1) is 15.9. The Morgan fingerprint density at radius 3 is 2.74 bits per heavy atom. The molecule has 0 spiro atoms. The molecule has 0 bridgehead atoms. The van der Waals surface area contributed by atoms with Gasteiger partial charge in [-0.3, -0.25) is 4.79 Å². The SMILES string of the molecule is Cc1ccsc1[C@H](O)CNC(=O)c1csc(-c2ccccc2)n1. The summed E-state index contributed by atoms with van der Waals surface area (Å²) < 4.78 is 0. The summed E-state index contributed by atoms with van der Waals surface area (Å²) >= 11 is 2.92. The fourth-order valence-corrected chi connectivity index (χ4v) is 3.91. The van der Waals surface area contributed by atoms with E-state index >= 15 is 0 Å². The molecular formula is C17H16N2O2S2. The number of thiophene rings is 1. The molecule has 3 rings (SSSR count). The van der Waals surface area contributed by atoms with Crippen LogP contribution in [0.3, 0.4) is 0 Å². The van der Waals surface area contributed by atoms with E-state index in [1.807, 2.05) is 48.7 Å². The van der Waals surface area contributed by atoms with Crippen molar-refractivity contribution in [1.82, 2.24) is 10.3 Å². The quantitative estimate of drug-likeness (QED) is 0.743. The van der Waals surface area contributed by atoms with Crippen LogP contribution in [0.5, 0.6) is 0 Å². The van der Waals surface area contributed by atoms with Gasteiger partial charge >= 0.3 is 0 Å². The van der Waals surface area contributed by atoms with Gasteiger partial charge < -0.3 is 10.4 Å². The molecule has 23 heavy (non-hydrogen) atoms. The largest absolute Gasteiger partial charge is 0.386 e. The van der Waals surface area contributed by atoms with Crippen LogP contribution in [-0.2, 0) is 0 Å². The lowest BCUT2D eigenvalue weighted by Gasteiger charge is -2.10. The van der Waals surface area contributed by atoms with E-state index in [1.54, 1.807) is 5.38 Å². The second-order valence-electron chi connectivity index (χ2n) is 5.10. The molecule has 0 unspecified atom stereocenters. The van der Waals surface area contributed by atoms with E-state index in [0.717, 1.165) is 21.0 Å². The summed E-state index contributed by atoms with van der Waals surface area (Å²) in [5.41, 5.74) is 2.41. The predicted octanol–water partition coefficient (Wildman–Crippen LogP) is 3.64. The highest BCUT2D eigenvalue weighted by atomic mass is 32.1. The molecule has 4 nitrogen and oxygen atoms in total. The molecule has 3 aromatic rings. The minimum absolute atomic E-state index is 0.179. The number of carbonyl (C=O) groups is 1. The zero-order valence-electron chi connectivity index (χ0n) is 12.5. The fraction of sp³-hybridized carbons (Fsp3) is 0.176. The van der Waals surface area contributed by atoms with Crippen LogP contribution >= 0.6 is 22.7 Å². The Labute approximate surface area is 142 Å². The molecule has 2 aromatic heterocycles. The molecular weight excluding hydrogens is 328 g/mol. The Kier molecular flexibility index (Phi) is 4.85. The van der Waals surface area contributed by atoms with Crippen LogP contribution < -0.4 is 5.32 Å². The molecule has 2 N–H and O–H groups in total. The van der Waals surface area contributed by atoms with Crippen LogP contribution in [0, 0.1) is 6.92 Å². The Morgan fingerprint density at radius 1 is 1.26 bits per heavy atom. The molecule has 0 saturated carbocycles. The number of aromatic nitrogens is 1. The number of hydrogen-bond donors (Lipinski definition) is 2. The number of aryl methyl sites for hydroxylation is 1. The summed E-state index contributed by atoms with van der Waals surface area (Å²) in [6.45, 7) is 2.13. The lowest BCUT2D eigenvalue weighted by Crippen LogP contribution is -2.28. The highest BCUT2D eigenvalue weighted by molar-refractivity contribution is 7.13. The van der Waals surface area contributed by atoms with Gasteiger partial charge in [0.2, 0.25) is 0 Å². The molecule has 1 atom stereocenters. The molecule has 6 heteroatoms. The first-order chi connectivity index (χ1) is 11.1. The predicted molar refractivity (Wildman–Crippen MR) is 93.9 cm³/mol. The molecule has 0 fully saturated rings. The van der Waals surface area contributed by atoms with E-state index in [9.17, 15) is 9.90 Å². The van der Waals surface area contributed by atoms with Gasteiger partial charge in [-0.15, -0.1) is 22.7 Å². The zero-order valence-corrected chi connectivity index (χ0v) is 14.2. The van der Waals surface area contributed by atoms with Crippen molar-refractivity contribution in [2.24, 2.45) is 0 Å². The van der Waals surface area contributed by atoms with Gasteiger partial charge in [-0.1, -0.05) is 30.3 Å². The average molecular weight is 344 g/mol. The summed E-state index contributed by atoms with van der Waals surface area (Å²) in [6.07, 6.45) is -0.689. The highest BCUT2D eigenvalue weighted by Gasteiger charge is 2.16. The van der Waals surface area contributed by atoms with Crippen LogP contribution in [0.4, 0.5) is 0 Å². The first-order valence-corrected chi connectivity index (χ1v) is 8.92. The maximum atomic E-state index is 12.2. The summed E-state index contributed by atoms with van der Waals surface area (Å²) in [4.78, 5) is 17.4. The van der Waals surface area contributed by atoms with E-state index in [0.29, 0.717) is 5.69 Å². The Hall–Kier alpha value is -2.02. The second-order valence-corrected chi connectivity index (χ2v) is 6.90. The van der Waals surface area contributed by atoms with Gasteiger partial charge in [-0.05, 0) is 23.9 Å². The van der Waals surface area contributed by atoms with Crippen molar-refractivity contribution in [3.63, 3.8) is 0 Å². The van der Waals surface area contributed by atoms with Crippen molar-refractivity contribution >= 4 is 28.6 Å². The molecule has 0 aliphatic rings. The third-order valence-electron chi connectivity index (χ3n) is 3.42. The van der Waals surface area contributed by atoms with Crippen LogP contribution in [-0.4, -0.2) is 22.5 Å². The number of aliphatic hydroxyl groups is 1. The number of nitrogens with zero attached hydrogens (tertiary/aromatic N) is 1. The van der Waals surface area contributed by atoms with Crippen molar-refractivity contribution in [3.05, 3.63) is 63.3 Å². The van der Waals surface area contributed by atoms with Gasteiger partial charge in [-0.2, -0.15) is 0 Å². The summed E-state index contributed by atoms with van der Waals surface area (Å²) in [6, 6.07) is 11.7. The number of aliphatic hydroxyl groups excluding tert-OH is 1. The van der Waals surface area contributed by atoms with Gasteiger partial charge in [0.1, 0.15) is 16.8 Å². The Bertz CT molecular complexity index is 796. The smallest absolute Gasteiger partial charge is 0.270 e. The lowest BCUT2D eigenvalue weighted by molar-refractivity contribution is 0.0913. The van der Waals surface area contributed by atoms with Crippen molar-refractivity contribution in [2.75, 3.05) is 6.54 Å². The van der Waals surface area contributed by atoms with E-state index < -0.39 is 6.10 Å².